The molecule has 0 aliphatic carbocycles. The van der Waals surface area contributed by atoms with Crippen LogP contribution in [0, 0.1) is 6.92 Å². The number of carbonyl (C=O) groups excluding carboxylic acids is 1. The van der Waals surface area contributed by atoms with E-state index in [0.29, 0.717) is 0 Å². The molecular formula is C13H19N3OS. The maximum atomic E-state index is 12.1. The maximum absolute atomic E-state index is 12.1. The Labute approximate surface area is 112 Å². The summed E-state index contributed by atoms with van der Waals surface area (Å²) in [6.07, 6.45) is 3.44. The van der Waals surface area contributed by atoms with Crippen molar-refractivity contribution in [3.8, 4) is 0 Å². The van der Waals surface area contributed by atoms with Crippen LogP contribution in [0.4, 0.5) is 0 Å². The van der Waals surface area contributed by atoms with Gasteiger partial charge in [-0.3, -0.25) is 4.79 Å². The predicted octanol–water partition coefficient (Wildman–Crippen LogP) is 1.63. The second kappa shape index (κ2) is 5.63. The minimum Gasteiger partial charge on any atom is -0.334 e. The van der Waals surface area contributed by atoms with Crippen LogP contribution in [0.3, 0.4) is 0 Å². The summed E-state index contributed by atoms with van der Waals surface area (Å²) in [6, 6.07) is 0.276. The van der Waals surface area contributed by atoms with E-state index in [1.807, 2.05) is 17.2 Å². The van der Waals surface area contributed by atoms with Crippen LogP contribution in [-0.4, -0.2) is 53.4 Å². The molecule has 0 bridgehead atoms. The third-order valence-corrected chi connectivity index (χ3v) is 3.94. The first kappa shape index (κ1) is 13.2. The SMILES string of the molecule is Cc1nc(/C=C/C(=O)N2CCN(C)CC2C)cs1. The molecule has 1 aliphatic rings. The fraction of sp³-hybridized carbons (Fsp3) is 0.538. The lowest BCUT2D eigenvalue weighted by atomic mass is 10.2. The van der Waals surface area contributed by atoms with Crippen molar-refractivity contribution in [1.29, 1.82) is 0 Å². The van der Waals surface area contributed by atoms with Gasteiger partial charge < -0.3 is 9.80 Å². The molecule has 98 valence electrons. The van der Waals surface area contributed by atoms with Crippen LogP contribution in [0.25, 0.3) is 6.08 Å². The van der Waals surface area contributed by atoms with Gasteiger partial charge in [-0.05, 0) is 27.0 Å². The molecule has 1 aromatic rings. The van der Waals surface area contributed by atoms with Crippen molar-refractivity contribution in [2.45, 2.75) is 19.9 Å². The molecule has 0 aromatic carbocycles. The maximum Gasteiger partial charge on any atom is 0.246 e. The van der Waals surface area contributed by atoms with Gasteiger partial charge in [-0.15, -0.1) is 11.3 Å². The van der Waals surface area contributed by atoms with E-state index in [2.05, 4.69) is 23.9 Å². The fourth-order valence-electron chi connectivity index (χ4n) is 2.18. The summed E-state index contributed by atoms with van der Waals surface area (Å²) < 4.78 is 0. The topological polar surface area (TPSA) is 36.4 Å². The fourth-order valence-corrected chi connectivity index (χ4v) is 2.76. The number of thiazole rings is 1. The van der Waals surface area contributed by atoms with Gasteiger partial charge in [0.05, 0.1) is 10.7 Å². The lowest BCUT2D eigenvalue weighted by Gasteiger charge is -2.37. The van der Waals surface area contributed by atoms with Gasteiger partial charge in [-0.25, -0.2) is 4.98 Å². The molecule has 1 unspecified atom stereocenters. The molecule has 1 aromatic heterocycles. The monoisotopic (exact) mass is 265 g/mol. The highest BCUT2D eigenvalue weighted by molar-refractivity contribution is 7.09. The van der Waals surface area contributed by atoms with E-state index < -0.39 is 0 Å². The normalized spacial score (nSPS) is 21.7. The minimum absolute atomic E-state index is 0.0845. The third kappa shape index (κ3) is 3.17. The first-order valence-electron chi connectivity index (χ1n) is 6.15. The summed E-state index contributed by atoms with van der Waals surface area (Å²) in [5.74, 6) is 0.0845. The zero-order valence-corrected chi connectivity index (χ0v) is 11.9. The predicted molar refractivity (Wildman–Crippen MR) is 74.6 cm³/mol. The van der Waals surface area contributed by atoms with Crippen LogP contribution in [0.15, 0.2) is 11.5 Å². The molecule has 1 fully saturated rings. The van der Waals surface area contributed by atoms with Gasteiger partial charge in [0.2, 0.25) is 5.91 Å². The van der Waals surface area contributed by atoms with Crippen molar-refractivity contribution in [2.24, 2.45) is 0 Å². The van der Waals surface area contributed by atoms with Gasteiger partial charge in [0, 0.05) is 37.1 Å². The molecule has 18 heavy (non-hydrogen) atoms. The van der Waals surface area contributed by atoms with Gasteiger partial charge in [-0.2, -0.15) is 0 Å². The molecule has 1 saturated heterocycles. The highest BCUT2D eigenvalue weighted by Gasteiger charge is 2.23. The van der Waals surface area contributed by atoms with E-state index in [9.17, 15) is 4.79 Å². The Morgan fingerprint density at radius 1 is 1.56 bits per heavy atom. The number of aromatic nitrogens is 1. The van der Waals surface area contributed by atoms with Crippen LogP contribution in [0.5, 0.6) is 0 Å². The van der Waals surface area contributed by atoms with Gasteiger partial charge in [-0.1, -0.05) is 0 Å². The largest absolute Gasteiger partial charge is 0.334 e. The molecule has 5 heteroatoms. The Kier molecular flexibility index (Phi) is 4.14. The highest BCUT2D eigenvalue weighted by Crippen LogP contribution is 2.11. The Hall–Kier alpha value is -1.20. The second-order valence-corrected chi connectivity index (χ2v) is 5.83. The molecule has 4 nitrogen and oxygen atoms in total. The van der Waals surface area contributed by atoms with E-state index >= 15 is 0 Å². The van der Waals surface area contributed by atoms with Crippen molar-refractivity contribution >= 4 is 23.3 Å². The van der Waals surface area contributed by atoms with Gasteiger partial charge in [0.25, 0.3) is 0 Å². The first-order chi connectivity index (χ1) is 8.56. The van der Waals surface area contributed by atoms with Crippen LogP contribution >= 0.6 is 11.3 Å². The summed E-state index contributed by atoms with van der Waals surface area (Å²) in [5.41, 5.74) is 0.868. The first-order valence-corrected chi connectivity index (χ1v) is 7.03. The Morgan fingerprint density at radius 3 is 2.94 bits per heavy atom. The lowest BCUT2D eigenvalue weighted by Crippen LogP contribution is -2.52. The molecule has 2 heterocycles. The van der Waals surface area contributed by atoms with E-state index in [1.165, 1.54) is 0 Å². The zero-order valence-electron chi connectivity index (χ0n) is 11.1. The number of hydrogen-bond donors (Lipinski definition) is 0. The number of piperazine rings is 1. The number of carbonyl (C=O) groups is 1. The standard InChI is InChI=1S/C13H19N3OS/c1-10-8-15(3)6-7-16(10)13(17)5-4-12-9-18-11(2)14-12/h4-5,9-10H,6-8H2,1-3H3/b5-4+. The molecule has 0 radical (unpaired) electrons. The second-order valence-electron chi connectivity index (χ2n) is 4.77. The number of aryl methyl sites for hydroxylation is 1. The lowest BCUT2D eigenvalue weighted by molar-refractivity contribution is -0.130. The summed E-state index contributed by atoms with van der Waals surface area (Å²) in [7, 11) is 2.09. The van der Waals surface area contributed by atoms with E-state index in [-0.39, 0.29) is 11.9 Å². The molecule has 1 aliphatic heterocycles. The Bertz CT molecular complexity index is 455. The molecule has 0 saturated carbocycles. The quantitative estimate of drug-likeness (QED) is 0.763. The smallest absolute Gasteiger partial charge is 0.246 e. The van der Waals surface area contributed by atoms with Crippen molar-refractivity contribution in [1.82, 2.24) is 14.8 Å². The molecule has 1 atom stereocenters. The summed E-state index contributed by atoms with van der Waals surface area (Å²) in [4.78, 5) is 20.6. The molecule has 2 rings (SSSR count). The summed E-state index contributed by atoms with van der Waals surface area (Å²) in [6.45, 7) is 6.74. The third-order valence-electron chi connectivity index (χ3n) is 3.15. The van der Waals surface area contributed by atoms with Crippen molar-refractivity contribution in [2.75, 3.05) is 26.7 Å². The van der Waals surface area contributed by atoms with E-state index in [1.54, 1.807) is 23.5 Å². The average molecular weight is 265 g/mol. The van der Waals surface area contributed by atoms with E-state index in [4.69, 9.17) is 0 Å². The number of likely N-dealkylation sites (N-methyl/N-ethyl adjacent to an activating group) is 1. The van der Waals surface area contributed by atoms with Crippen molar-refractivity contribution < 1.29 is 4.79 Å². The molecule has 0 spiro atoms. The molecule has 0 N–H and O–H groups in total. The summed E-state index contributed by atoms with van der Waals surface area (Å²) in [5, 5.41) is 2.99. The van der Waals surface area contributed by atoms with Gasteiger partial charge >= 0.3 is 0 Å². The average Bonchev–Trinajstić information content (AvgIpc) is 2.72. The van der Waals surface area contributed by atoms with Crippen LogP contribution in [0.2, 0.25) is 0 Å². The van der Waals surface area contributed by atoms with Gasteiger partial charge in [0.1, 0.15) is 0 Å². The minimum atomic E-state index is 0.0845. The van der Waals surface area contributed by atoms with Crippen LogP contribution in [-0.2, 0) is 4.79 Å². The Morgan fingerprint density at radius 2 is 2.33 bits per heavy atom. The zero-order chi connectivity index (χ0) is 13.1. The van der Waals surface area contributed by atoms with Crippen LogP contribution < -0.4 is 0 Å². The highest BCUT2D eigenvalue weighted by atomic mass is 32.1. The molecular weight excluding hydrogens is 246 g/mol. The number of rotatable bonds is 2. The Balaban J connectivity index is 1.97. The van der Waals surface area contributed by atoms with E-state index in [0.717, 1.165) is 30.3 Å². The number of hydrogen-bond acceptors (Lipinski definition) is 4. The van der Waals surface area contributed by atoms with Crippen LogP contribution in [0.1, 0.15) is 17.6 Å². The van der Waals surface area contributed by atoms with Gasteiger partial charge in [0.15, 0.2) is 0 Å². The number of nitrogens with zero attached hydrogens (tertiary/aromatic N) is 3. The number of amides is 1. The van der Waals surface area contributed by atoms with Crippen molar-refractivity contribution in [3.05, 3.63) is 22.2 Å². The summed E-state index contributed by atoms with van der Waals surface area (Å²) >= 11 is 1.60. The molecule has 1 amide bonds. The van der Waals surface area contributed by atoms with Crippen molar-refractivity contribution in [3.63, 3.8) is 0 Å².